The molecule has 0 bridgehead atoms. The van der Waals surface area contributed by atoms with Crippen LogP contribution in [0.15, 0.2) is 0 Å². The van der Waals surface area contributed by atoms with Crippen molar-refractivity contribution in [3.63, 3.8) is 0 Å². The van der Waals surface area contributed by atoms with Crippen LogP contribution in [0.3, 0.4) is 0 Å². The van der Waals surface area contributed by atoms with Crippen molar-refractivity contribution < 1.29 is 4.79 Å². The normalized spacial score (nSPS) is 38.8. The molecule has 3 nitrogen and oxygen atoms in total. The molecule has 1 amide bonds. The summed E-state index contributed by atoms with van der Waals surface area (Å²) >= 11 is 0. The number of nitrogens with one attached hydrogen (secondary N) is 1. The lowest BCUT2D eigenvalue weighted by Gasteiger charge is -2.40. The lowest BCUT2D eigenvalue weighted by molar-refractivity contribution is -0.136. The first-order valence-electron chi connectivity index (χ1n) is 7.60. The molecule has 2 heterocycles. The second-order valence-corrected chi connectivity index (χ2v) is 7.17. The van der Waals surface area contributed by atoms with E-state index in [4.69, 9.17) is 0 Å². The van der Waals surface area contributed by atoms with Gasteiger partial charge in [-0.2, -0.15) is 0 Å². The number of likely N-dealkylation sites (tertiary alicyclic amines) is 1. The van der Waals surface area contributed by atoms with Gasteiger partial charge in [0.2, 0.25) is 5.91 Å². The molecular weight excluding hydrogens is 224 g/mol. The van der Waals surface area contributed by atoms with Crippen LogP contribution in [0.25, 0.3) is 0 Å². The third-order valence-electron chi connectivity index (χ3n) is 5.41. The Hall–Kier alpha value is -0.570. The maximum atomic E-state index is 12.7. The first kappa shape index (κ1) is 12.5. The molecule has 1 aliphatic carbocycles. The quantitative estimate of drug-likeness (QED) is 0.772. The third-order valence-corrected chi connectivity index (χ3v) is 5.41. The summed E-state index contributed by atoms with van der Waals surface area (Å²) in [4.78, 5) is 14.9. The summed E-state index contributed by atoms with van der Waals surface area (Å²) in [6.45, 7) is 7.52. The van der Waals surface area contributed by atoms with Gasteiger partial charge in [0.1, 0.15) is 0 Å². The molecule has 3 aliphatic rings. The maximum absolute atomic E-state index is 12.7. The molecule has 0 spiro atoms. The topological polar surface area (TPSA) is 32.3 Å². The van der Waals surface area contributed by atoms with Gasteiger partial charge in [0.15, 0.2) is 0 Å². The lowest BCUT2D eigenvalue weighted by atomic mass is 9.77. The number of amides is 1. The molecule has 2 saturated heterocycles. The molecule has 3 rings (SSSR count). The highest BCUT2D eigenvalue weighted by Crippen LogP contribution is 2.39. The molecule has 3 unspecified atom stereocenters. The smallest absolute Gasteiger partial charge is 0.240 e. The van der Waals surface area contributed by atoms with E-state index in [-0.39, 0.29) is 11.5 Å². The van der Waals surface area contributed by atoms with E-state index in [9.17, 15) is 4.79 Å². The molecule has 3 heteroatoms. The zero-order valence-corrected chi connectivity index (χ0v) is 11.7. The molecule has 1 saturated carbocycles. The minimum Gasteiger partial charge on any atom is -0.341 e. The summed E-state index contributed by atoms with van der Waals surface area (Å²) in [5, 5.41) is 3.46. The Bertz CT molecular complexity index is 327. The van der Waals surface area contributed by atoms with Gasteiger partial charge in [-0.15, -0.1) is 0 Å². The van der Waals surface area contributed by atoms with Gasteiger partial charge in [0, 0.05) is 13.1 Å². The SMILES string of the molecule is CC1(C)CCCNC1C(=O)N1CC2CCCC2C1. The van der Waals surface area contributed by atoms with E-state index < -0.39 is 0 Å². The van der Waals surface area contributed by atoms with Gasteiger partial charge in [-0.3, -0.25) is 4.79 Å². The van der Waals surface area contributed by atoms with Crippen LogP contribution in [0.2, 0.25) is 0 Å². The molecule has 0 aromatic heterocycles. The number of piperidine rings is 1. The van der Waals surface area contributed by atoms with Gasteiger partial charge >= 0.3 is 0 Å². The second-order valence-electron chi connectivity index (χ2n) is 7.17. The van der Waals surface area contributed by atoms with Crippen LogP contribution >= 0.6 is 0 Å². The van der Waals surface area contributed by atoms with Crippen molar-refractivity contribution in [3.05, 3.63) is 0 Å². The second kappa shape index (κ2) is 4.52. The lowest BCUT2D eigenvalue weighted by Crippen LogP contribution is -2.56. The van der Waals surface area contributed by atoms with Crippen LogP contribution in [0, 0.1) is 17.3 Å². The number of hydrogen-bond acceptors (Lipinski definition) is 2. The van der Waals surface area contributed by atoms with E-state index in [2.05, 4.69) is 24.1 Å². The molecular formula is C15H26N2O. The Balaban J connectivity index is 1.67. The molecule has 3 atom stereocenters. The Morgan fingerprint density at radius 3 is 2.44 bits per heavy atom. The van der Waals surface area contributed by atoms with Gasteiger partial charge < -0.3 is 10.2 Å². The van der Waals surface area contributed by atoms with Gasteiger partial charge in [-0.25, -0.2) is 0 Å². The minimum absolute atomic E-state index is 0.0464. The summed E-state index contributed by atoms with van der Waals surface area (Å²) < 4.78 is 0. The standard InChI is InChI=1S/C15H26N2O/c1-15(2)7-4-8-16-13(15)14(18)17-9-11-5-3-6-12(11)10-17/h11-13,16H,3-10H2,1-2H3. The number of carbonyl (C=O) groups is 1. The highest BCUT2D eigenvalue weighted by molar-refractivity contribution is 5.83. The summed E-state index contributed by atoms with van der Waals surface area (Å²) in [5.41, 5.74) is 0.118. The average Bonchev–Trinajstić information content (AvgIpc) is 2.87. The monoisotopic (exact) mass is 250 g/mol. The van der Waals surface area contributed by atoms with Crippen molar-refractivity contribution in [3.8, 4) is 0 Å². The summed E-state index contributed by atoms with van der Waals surface area (Å²) in [7, 11) is 0. The maximum Gasteiger partial charge on any atom is 0.240 e. The fourth-order valence-electron chi connectivity index (χ4n) is 4.23. The largest absolute Gasteiger partial charge is 0.341 e. The first-order chi connectivity index (χ1) is 8.58. The van der Waals surface area contributed by atoms with Crippen LogP contribution in [0.1, 0.15) is 46.0 Å². The van der Waals surface area contributed by atoms with Crippen LogP contribution in [0.4, 0.5) is 0 Å². The van der Waals surface area contributed by atoms with Crippen molar-refractivity contribution in [2.45, 2.75) is 52.0 Å². The number of fused-ring (bicyclic) bond motifs is 1. The summed E-state index contributed by atoms with van der Waals surface area (Å²) in [5.74, 6) is 1.98. The Kier molecular flexibility index (Phi) is 3.13. The fraction of sp³-hybridized carbons (Fsp3) is 0.933. The number of carbonyl (C=O) groups excluding carboxylic acids is 1. The molecule has 102 valence electrons. The highest BCUT2D eigenvalue weighted by atomic mass is 16.2. The van der Waals surface area contributed by atoms with Gasteiger partial charge in [0.25, 0.3) is 0 Å². The first-order valence-corrected chi connectivity index (χ1v) is 7.60. The predicted octanol–water partition coefficient (Wildman–Crippen LogP) is 2.02. The van der Waals surface area contributed by atoms with E-state index in [1.54, 1.807) is 0 Å². The van der Waals surface area contributed by atoms with E-state index in [0.717, 1.165) is 37.9 Å². The Morgan fingerprint density at radius 2 is 1.83 bits per heavy atom. The Morgan fingerprint density at radius 1 is 1.17 bits per heavy atom. The van der Waals surface area contributed by atoms with Crippen LogP contribution in [-0.4, -0.2) is 36.5 Å². The van der Waals surface area contributed by atoms with Crippen molar-refractivity contribution in [2.24, 2.45) is 17.3 Å². The fourth-order valence-corrected chi connectivity index (χ4v) is 4.23. The molecule has 3 fully saturated rings. The number of nitrogens with zero attached hydrogens (tertiary/aromatic N) is 1. The van der Waals surface area contributed by atoms with E-state index in [1.807, 2.05) is 0 Å². The number of hydrogen-bond donors (Lipinski definition) is 1. The van der Waals surface area contributed by atoms with Crippen LogP contribution < -0.4 is 5.32 Å². The molecule has 0 radical (unpaired) electrons. The van der Waals surface area contributed by atoms with E-state index in [0.29, 0.717) is 5.91 Å². The van der Waals surface area contributed by atoms with Crippen molar-refractivity contribution >= 4 is 5.91 Å². The molecule has 0 aromatic carbocycles. The molecule has 18 heavy (non-hydrogen) atoms. The summed E-state index contributed by atoms with van der Waals surface area (Å²) in [6, 6.07) is 0.0464. The Labute approximate surface area is 110 Å². The third kappa shape index (κ3) is 2.07. The minimum atomic E-state index is 0.0464. The highest BCUT2D eigenvalue weighted by Gasteiger charge is 2.44. The molecule has 0 aromatic rings. The predicted molar refractivity (Wildman–Crippen MR) is 72.2 cm³/mol. The average molecular weight is 250 g/mol. The van der Waals surface area contributed by atoms with Gasteiger partial charge in [-0.1, -0.05) is 20.3 Å². The number of rotatable bonds is 1. The van der Waals surface area contributed by atoms with Crippen LogP contribution in [-0.2, 0) is 4.79 Å². The van der Waals surface area contributed by atoms with E-state index in [1.165, 1.54) is 25.7 Å². The van der Waals surface area contributed by atoms with Crippen molar-refractivity contribution in [1.29, 1.82) is 0 Å². The van der Waals surface area contributed by atoms with Gasteiger partial charge in [-0.05, 0) is 49.5 Å². The zero-order valence-electron chi connectivity index (χ0n) is 11.7. The van der Waals surface area contributed by atoms with E-state index >= 15 is 0 Å². The van der Waals surface area contributed by atoms with Crippen LogP contribution in [0.5, 0.6) is 0 Å². The van der Waals surface area contributed by atoms with Gasteiger partial charge in [0.05, 0.1) is 6.04 Å². The summed E-state index contributed by atoms with van der Waals surface area (Å²) in [6.07, 6.45) is 6.43. The molecule has 1 N–H and O–H groups in total. The zero-order chi connectivity index (χ0) is 12.8. The van der Waals surface area contributed by atoms with Crippen molar-refractivity contribution in [1.82, 2.24) is 10.2 Å². The molecule has 2 aliphatic heterocycles. The van der Waals surface area contributed by atoms with Crippen molar-refractivity contribution in [2.75, 3.05) is 19.6 Å².